The Morgan fingerprint density at radius 2 is 2.05 bits per heavy atom. The fourth-order valence-corrected chi connectivity index (χ4v) is 1.81. The molecular weight excluding hydrogens is 260 g/mol. The summed E-state index contributed by atoms with van der Waals surface area (Å²) in [6, 6.07) is 5.21. The molecule has 0 spiro atoms. The van der Waals surface area contributed by atoms with E-state index in [2.05, 4.69) is 15.0 Å². The second kappa shape index (κ2) is 5.20. The molecular formula is C13H16N4O3. The number of anilines is 1. The number of nitrogens with one attached hydrogen (secondary N) is 1. The average molecular weight is 276 g/mol. The van der Waals surface area contributed by atoms with Crippen molar-refractivity contribution < 1.29 is 14.3 Å². The quantitative estimate of drug-likeness (QED) is 0.864. The van der Waals surface area contributed by atoms with E-state index in [0.29, 0.717) is 11.0 Å². The first-order valence-electron chi connectivity index (χ1n) is 5.99. The molecule has 0 unspecified atom stereocenters. The molecule has 0 bridgehead atoms. The van der Waals surface area contributed by atoms with Gasteiger partial charge in [-0.3, -0.25) is 5.32 Å². The minimum Gasteiger partial charge on any atom is -0.453 e. The lowest BCUT2D eigenvalue weighted by atomic mass is 10.2. The van der Waals surface area contributed by atoms with E-state index in [1.807, 2.05) is 19.1 Å². The van der Waals surface area contributed by atoms with Gasteiger partial charge >= 0.3 is 12.1 Å². The zero-order valence-electron chi connectivity index (χ0n) is 11.8. The Balaban J connectivity index is 2.62. The molecule has 1 N–H and O–H groups in total. The highest BCUT2D eigenvalue weighted by molar-refractivity contribution is 5.96. The summed E-state index contributed by atoms with van der Waals surface area (Å²) < 4.78 is 5.88. The van der Waals surface area contributed by atoms with Crippen LogP contribution in [0.15, 0.2) is 18.2 Å². The van der Waals surface area contributed by atoms with Crippen molar-refractivity contribution >= 4 is 29.1 Å². The van der Waals surface area contributed by atoms with Gasteiger partial charge in [-0.2, -0.15) is 0 Å². The van der Waals surface area contributed by atoms with Crippen molar-refractivity contribution in [2.24, 2.45) is 0 Å². The van der Waals surface area contributed by atoms with Crippen LogP contribution in [0.25, 0.3) is 11.0 Å². The number of hydrogen-bond acceptors (Lipinski definition) is 4. The van der Waals surface area contributed by atoms with Crippen molar-refractivity contribution in [3.63, 3.8) is 0 Å². The van der Waals surface area contributed by atoms with Crippen molar-refractivity contribution in [3.05, 3.63) is 23.8 Å². The molecule has 20 heavy (non-hydrogen) atoms. The van der Waals surface area contributed by atoms with E-state index in [4.69, 9.17) is 0 Å². The van der Waals surface area contributed by atoms with Gasteiger partial charge in [0.05, 0.1) is 18.1 Å². The monoisotopic (exact) mass is 276 g/mol. The van der Waals surface area contributed by atoms with E-state index >= 15 is 0 Å². The molecule has 2 rings (SSSR count). The van der Waals surface area contributed by atoms with E-state index in [1.165, 1.54) is 16.6 Å². The van der Waals surface area contributed by atoms with Crippen LogP contribution in [0, 0.1) is 6.92 Å². The van der Waals surface area contributed by atoms with Crippen molar-refractivity contribution in [2.75, 3.05) is 26.5 Å². The molecule has 7 heteroatoms. The van der Waals surface area contributed by atoms with Crippen LogP contribution in [-0.4, -0.2) is 47.8 Å². The normalized spacial score (nSPS) is 10.4. The molecule has 1 aromatic heterocycles. The fourth-order valence-electron chi connectivity index (χ4n) is 1.81. The summed E-state index contributed by atoms with van der Waals surface area (Å²) in [5, 5.41) is 2.45. The van der Waals surface area contributed by atoms with E-state index < -0.39 is 6.09 Å². The maximum absolute atomic E-state index is 12.3. The average Bonchev–Trinajstić information content (AvgIpc) is 2.74. The maximum Gasteiger partial charge on any atom is 0.413 e. The summed E-state index contributed by atoms with van der Waals surface area (Å²) in [4.78, 5) is 29.3. The van der Waals surface area contributed by atoms with Crippen molar-refractivity contribution in [1.29, 1.82) is 0 Å². The highest BCUT2D eigenvalue weighted by atomic mass is 16.5. The Hall–Kier alpha value is -2.57. The number of aromatic nitrogens is 2. The number of aryl methyl sites for hydroxylation is 1. The largest absolute Gasteiger partial charge is 0.453 e. The predicted molar refractivity (Wildman–Crippen MR) is 75.0 cm³/mol. The first kappa shape index (κ1) is 13.9. The molecule has 1 aromatic carbocycles. The Kier molecular flexibility index (Phi) is 3.60. The van der Waals surface area contributed by atoms with E-state index in [9.17, 15) is 9.59 Å². The molecule has 0 radical (unpaired) electrons. The number of carbonyl (C=O) groups is 2. The summed E-state index contributed by atoms with van der Waals surface area (Å²) in [6.07, 6.45) is -0.676. The minimum atomic E-state index is -0.676. The lowest BCUT2D eigenvalue weighted by Gasteiger charge is -2.13. The molecule has 7 nitrogen and oxygen atoms in total. The lowest BCUT2D eigenvalue weighted by molar-refractivity contribution is 0.186. The molecule has 0 aliphatic carbocycles. The maximum atomic E-state index is 12.3. The summed E-state index contributed by atoms with van der Waals surface area (Å²) >= 11 is 0. The second-order valence-electron chi connectivity index (χ2n) is 4.56. The van der Waals surface area contributed by atoms with Crippen molar-refractivity contribution in [1.82, 2.24) is 14.5 Å². The number of amides is 2. The van der Waals surface area contributed by atoms with E-state index in [1.54, 1.807) is 20.2 Å². The number of ether oxygens (including phenoxy) is 1. The van der Waals surface area contributed by atoms with Gasteiger partial charge in [0.25, 0.3) is 0 Å². The third kappa shape index (κ3) is 2.42. The molecule has 1 heterocycles. The SMILES string of the molecule is COC(=O)Nc1nc2cc(C)ccc2n1C(=O)N(C)C. The number of benzene rings is 1. The van der Waals surface area contributed by atoms with Gasteiger partial charge in [0, 0.05) is 14.1 Å². The summed E-state index contributed by atoms with van der Waals surface area (Å²) in [7, 11) is 4.51. The Morgan fingerprint density at radius 1 is 1.35 bits per heavy atom. The Bertz CT molecular complexity index is 676. The molecule has 106 valence electrons. The highest BCUT2D eigenvalue weighted by Gasteiger charge is 2.20. The first-order valence-corrected chi connectivity index (χ1v) is 5.99. The van der Waals surface area contributed by atoms with Gasteiger partial charge in [0.15, 0.2) is 0 Å². The highest BCUT2D eigenvalue weighted by Crippen LogP contribution is 2.21. The van der Waals surface area contributed by atoms with Crippen LogP contribution in [0.5, 0.6) is 0 Å². The second-order valence-corrected chi connectivity index (χ2v) is 4.56. The number of imidazole rings is 1. The number of fused-ring (bicyclic) bond motifs is 1. The van der Waals surface area contributed by atoms with Gasteiger partial charge in [-0.15, -0.1) is 0 Å². The Morgan fingerprint density at radius 3 is 2.65 bits per heavy atom. The number of rotatable bonds is 1. The summed E-state index contributed by atoms with van der Waals surface area (Å²) in [6.45, 7) is 1.93. The van der Waals surface area contributed by atoms with Gasteiger partial charge in [0.1, 0.15) is 0 Å². The lowest BCUT2D eigenvalue weighted by Crippen LogP contribution is -2.29. The Labute approximate surface area is 116 Å². The third-order valence-corrected chi connectivity index (χ3v) is 2.78. The van der Waals surface area contributed by atoms with Crippen molar-refractivity contribution in [2.45, 2.75) is 6.92 Å². The molecule has 0 saturated carbocycles. The van der Waals surface area contributed by atoms with E-state index in [0.717, 1.165) is 5.56 Å². The van der Waals surface area contributed by atoms with Gasteiger partial charge < -0.3 is 9.64 Å². The molecule has 0 aliphatic heterocycles. The number of nitrogens with zero attached hydrogens (tertiary/aromatic N) is 3. The zero-order chi connectivity index (χ0) is 14.9. The number of hydrogen-bond donors (Lipinski definition) is 1. The van der Waals surface area contributed by atoms with E-state index in [-0.39, 0.29) is 12.0 Å². The van der Waals surface area contributed by atoms with Crippen LogP contribution in [0.1, 0.15) is 5.56 Å². The summed E-state index contributed by atoms with van der Waals surface area (Å²) in [5.74, 6) is 0.135. The number of methoxy groups -OCH3 is 1. The first-order chi connectivity index (χ1) is 9.43. The topological polar surface area (TPSA) is 76.5 Å². The van der Waals surface area contributed by atoms with Gasteiger partial charge in [0.2, 0.25) is 5.95 Å². The van der Waals surface area contributed by atoms with Gasteiger partial charge in [-0.1, -0.05) is 6.07 Å². The van der Waals surface area contributed by atoms with Gasteiger partial charge in [-0.05, 0) is 24.6 Å². The molecule has 0 fully saturated rings. The van der Waals surface area contributed by atoms with Crippen LogP contribution in [-0.2, 0) is 4.74 Å². The molecule has 2 aromatic rings. The minimum absolute atomic E-state index is 0.135. The zero-order valence-corrected chi connectivity index (χ0v) is 11.8. The number of carbonyl (C=O) groups excluding carboxylic acids is 2. The van der Waals surface area contributed by atoms with Crippen LogP contribution >= 0.6 is 0 Å². The molecule has 0 atom stereocenters. The third-order valence-electron chi connectivity index (χ3n) is 2.78. The van der Waals surface area contributed by atoms with Crippen LogP contribution < -0.4 is 5.32 Å². The standard InChI is InChI=1S/C13H16N4O3/c1-8-5-6-10-9(7-8)14-11(15-12(18)20-4)17(10)13(19)16(2)3/h5-7H,1-4H3,(H,14,15,18). The predicted octanol–water partition coefficient (Wildman–Crippen LogP) is 2.05. The molecule has 0 aliphatic rings. The van der Waals surface area contributed by atoms with Gasteiger partial charge in [-0.25, -0.2) is 19.1 Å². The summed E-state index contributed by atoms with van der Waals surface area (Å²) in [5.41, 5.74) is 2.27. The smallest absolute Gasteiger partial charge is 0.413 e. The fraction of sp³-hybridized carbons (Fsp3) is 0.308. The van der Waals surface area contributed by atoms with Crippen LogP contribution in [0.4, 0.5) is 15.5 Å². The van der Waals surface area contributed by atoms with Crippen LogP contribution in [0.3, 0.4) is 0 Å². The molecule has 2 amide bonds. The van der Waals surface area contributed by atoms with Crippen LogP contribution in [0.2, 0.25) is 0 Å². The van der Waals surface area contributed by atoms with Crippen molar-refractivity contribution in [3.8, 4) is 0 Å². The molecule has 0 saturated heterocycles.